The van der Waals surface area contributed by atoms with E-state index in [2.05, 4.69) is 25.6 Å². The molecule has 42 heavy (non-hydrogen) atoms. The third-order valence-electron chi connectivity index (χ3n) is 6.86. The highest BCUT2D eigenvalue weighted by Gasteiger charge is 2.33. The first-order chi connectivity index (χ1) is 20.0. The summed E-state index contributed by atoms with van der Waals surface area (Å²) in [6, 6.07) is 13.2. The van der Waals surface area contributed by atoms with E-state index in [1.54, 1.807) is 46.5 Å². The quantitative estimate of drug-likeness (QED) is 0.264. The summed E-state index contributed by atoms with van der Waals surface area (Å²) in [6.45, 7) is 6.13. The number of anilines is 5. The molecular formula is C30H28F3N7O2. The van der Waals surface area contributed by atoms with Crippen molar-refractivity contribution < 1.29 is 22.8 Å². The van der Waals surface area contributed by atoms with Crippen LogP contribution in [0.25, 0.3) is 0 Å². The summed E-state index contributed by atoms with van der Waals surface area (Å²) in [5, 5.41) is 5.89. The summed E-state index contributed by atoms with van der Waals surface area (Å²) in [5.41, 5.74) is 3.49. The molecule has 0 unspecified atom stereocenters. The van der Waals surface area contributed by atoms with E-state index in [4.69, 9.17) is 0 Å². The Morgan fingerprint density at radius 1 is 1.05 bits per heavy atom. The number of aromatic nitrogens is 3. The van der Waals surface area contributed by atoms with Crippen LogP contribution in [-0.4, -0.2) is 33.4 Å². The van der Waals surface area contributed by atoms with E-state index in [-0.39, 0.29) is 24.6 Å². The van der Waals surface area contributed by atoms with Gasteiger partial charge in [0.05, 0.1) is 35.6 Å². The molecule has 216 valence electrons. The van der Waals surface area contributed by atoms with E-state index in [0.717, 1.165) is 34.6 Å². The fourth-order valence-electron chi connectivity index (χ4n) is 4.71. The molecular weight excluding hydrogens is 547 g/mol. The predicted molar refractivity (Wildman–Crippen MR) is 154 cm³/mol. The number of pyridine rings is 1. The molecule has 3 heterocycles. The minimum Gasteiger partial charge on any atom is -0.326 e. The van der Waals surface area contributed by atoms with Crippen molar-refractivity contribution in [2.75, 3.05) is 27.0 Å². The lowest BCUT2D eigenvalue weighted by Crippen LogP contribution is -2.48. The molecule has 2 aromatic heterocycles. The molecule has 12 heteroatoms. The number of fused-ring (bicyclic) bond motifs is 1. The number of alkyl halides is 3. The van der Waals surface area contributed by atoms with Crippen molar-refractivity contribution in [3.8, 4) is 0 Å². The zero-order chi connectivity index (χ0) is 30.0. The number of hydrogen-bond donors (Lipinski definition) is 2. The van der Waals surface area contributed by atoms with Crippen molar-refractivity contribution in [2.24, 2.45) is 0 Å². The normalized spacial score (nSPS) is 13.1. The van der Waals surface area contributed by atoms with Gasteiger partial charge in [-0.3, -0.25) is 19.6 Å². The lowest BCUT2D eigenvalue weighted by molar-refractivity contribution is -0.137. The lowest BCUT2D eigenvalue weighted by Gasteiger charge is -2.36. The van der Waals surface area contributed by atoms with Gasteiger partial charge in [-0.25, -0.2) is 9.78 Å². The van der Waals surface area contributed by atoms with Gasteiger partial charge in [0.25, 0.3) is 0 Å². The molecule has 0 fully saturated rings. The smallest absolute Gasteiger partial charge is 0.326 e. The molecule has 9 nitrogen and oxygen atoms in total. The van der Waals surface area contributed by atoms with Gasteiger partial charge in [-0.2, -0.15) is 18.2 Å². The van der Waals surface area contributed by atoms with Gasteiger partial charge in [0, 0.05) is 30.2 Å². The van der Waals surface area contributed by atoms with Crippen LogP contribution in [0, 0.1) is 13.8 Å². The highest BCUT2D eigenvalue weighted by atomic mass is 19.4. The molecule has 0 saturated heterocycles. The van der Waals surface area contributed by atoms with Crippen molar-refractivity contribution in [2.45, 2.75) is 39.9 Å². The number of nitrogens with zero attached hydrogens (tertiary/aromatic N) is 5. The number of amides is 3. The Morgan fingerprint density at radius 3 is 2.60 bits per heavy atom. The Bertz CT molecular complexity index is 1660. The zero-order valence-electron chi connectivity index (χ0n) is 23.2. The molecule has 2 aromatic carbocycles. The summed E-state index contributed by atoms with van der Waals surface area (Å²) >= 11 is 0. The second-order valence-electron chi connectivity index (χ2n) is 9.84. The number of hydrogen-bond acceptors (Lipinski definition) is 6. The van der Waals surface area contributed by atoms with Crippen LogP contribution in [0.1, 0.15) is 34.9 Å². The summed E-state index contributed by atoms with van der Waals surface area (Å²) in [6.07, 6.45) is -1.36. The first-order valence-electron chi connectivity index (χ1n) is 13.2. The Kier molecular flexibility index (Phi) is 7.79. The Labute approximate surface area is 240 Å². The molecule has 5 rings (SSSR count). The van der Waals surface area contributed by atoms with E-state index >= 15 is 0 Å². The topological polar surface area (TPSA) is 103 Å². The van der Waals surface area contributed by atoms with Gasteiger partial charge in [-0.15, -0.1) is 0 Å². The number of nitrogens with one attached hydrogen (secondary N) is 2. The summed E-state index contributed by atoms with van der Waals surface area (Å²) in [7, 11) is 0. The van der Waals surface area contributed by atoms with E-state index in [0.29, 0.717) is 29.7 Å². The average molecular weight is 576 g/mol. The van der Waals surface area contributed by atoms with Gasteiger partial charge in [-0.1, -0.05) is 24.3 Å². The first kappa shape index (κ1) is 28.5. The number of rotatable bonds is 7. The van der Waals surface area contributed by atoms with Crippen LogP contribution in [0.2, 0.25) is 0 Å². The van der Waals surface area contributed by atoms with E-state index in [1.165, 1.54) is 12.1 Å². The highest BCUT2D eigenvalue weighted by Crippen LogP contribution is 2.34. The maximum atomic E-state index is 13.7. The number of carbonyl (C=O) groups excluding carboxylic acids is 2. The first-order valence-corrected chi connectivity index (χ1v) is 13.2. The standard InChI is InChI=1S/C30H28F3N7O2/c1-4-39-27-21(16-35-28(38-27)37-24-9-6-12-34-19(24)3)17-40(29(39)42)25-15-23(11-10-18(25)2)36-26(41)14-20-7-5-8-22(13-20)30(31,32)33/h5-13,15-16H,4,14,17H2,1-3H3,(H,36,41)(H,35,37,38). The average Bonchev–Trinajstić information content (AvgIpc) is 2.95. The molecule has 4 aromatic rings. The third kappa shape index (κ3) is 6.02. The molecule has 0 aliphatic carbocycles. The monoisotopic (exact) mass is 575 g/mol. The van der Waals surface area contributed by atoms with Gasteiger partial charge in [-0.05, 0) is 62.2 Å². The SMILES string of the molecule is CCN1C(=O)N(c2cc(NC(=O)Cc3cccc(C(F)(F)F)c3)ccc2C)Cc2cnc(Nc3cccnc3C)nc21. The van der Waals surface area contributed by atoms with Crippen LogP contribution >= 0.6 is 0 Å². The molecule has 0 saturated carbocycles. The minimum absolute atomic E-state index is 0.208. The third-order valence-corrected chi connectivity index (χ3v) is 6.86. The van der Waals surface area contributed by atoms with Crippen LogP contribution in [0.15, 0.2) is 67.0 Å². The molecule has 0 spiro atoms. The number of aryl methyl sites for hydroxylation is 2. The lowest BCUT2D eigenvalue weighted by atomic mass is 10.1. The summed E-state index contributed by atoms with van der Waals surface area (Å²) < 4.78 is 39.2. The van der Waals surface area contributed by atoms with Gasteiger partial charge < -0.3 is 10.6 Å². The second-order valence-corrected chi connectivity index (χ2v) is 9.84. The van der Waals surface area contributed by atoms with Crippen LogP contribution in [0.3, 0.4) is 0 Å². The largest absolute Gasteiger partial charge is 0.416 e. The van der Waals surface area contributed by atoms with E-state index in [9.17, 15) is 22.8 Å². The van der Waals surface area contributed by atoms with Crippen molar-refractivity contribution >= 4 is 40.8 Å². The number of halogens is 3. The van der Waals surface area contributed by atoms with Crippen molar-refractivity contribution in [1.29, 1.82) is 0 Å². The molecule has 1 aliphatic heterocycles. The van der Waals surface area contributed by atoms with E-state index < -0.39 is 17.6 Å². The number of urea groups is 1. The molecule has 0 bridgehead atoms. The van der Waals surface area contributed by atoms with Crippen molar-refractivity contribution in [3.05, 3.63) is 94.9 Å². The fraction of sp³-hybridized carbons (Fsp3) is 0.233. The summed E-state index contributed by atoms with van der Waals surface area (Å²) in [4.78, 5) is 42.9. The van der Waals surface area contributed by atoms with Crippen LogP contribution in [0.5, 0.6) is 0 Å². The Balaban J connectivity index is 1.36. The van der Waals surface area contributed by atoms with Crippen molar-refractivity contribution in [3.63, 3.8) is 0 Å². The zero-order valence-corrected chi connectivity index (χ0v) is 23.2. The molecule has 2 N–H and O–H groups in total. The second kappa shape index (κ2) is 11.5. The predicted octanol–water partition coefficient (Wildman–Crippen LogP) is 6.40. The Hall–Kier alpha value is -5.00. The van der Waals surface area contributed by atoms with E-state index in [1.807, 2.05) is 26.8 Å². The van der Waals surface area contributed by atoms with Gasteiger partial charge in [0.1, 0.15) is 5.82 Å². The molecule has 3 amide bonds. The van der Waals surface area contributed by atoms with Gasteiger partial charge in [0.15, 0.2) is 0 Å². The summed E-state index contributed by atoms with van der Waals surface area (Å²) in [5.74, 6) is 0.360. The van der Waals surface area contributed by atoms with Crippen LogP contribution in [0.4, 0.5) is 46.8 Å². The Morgan fingerprint density at radius 2 is 1.86 bits per heavy atom. The number of carbonyl (C=O) groups is 2. The molecule has 0 atom stereocenters. The molecule has 1 aliphatic rings. The number of benzene rings is 2. The highest BCUT2D eigenvalue weighted by molar-refractivity contribution is 6.06. The van der Waals surface area contributed by atoms with Gasteiger partial charge in [0.2, 0.25) is 11.9 Å². The minimum atomic E-state index is -4.49. The fourth-order valence-corrected chi connectivity index (χ4v) is 4.71. The van der Waals surface area contributed by atoms with Crippen LogP contribution in [-0.2, 0) is 23.9 Å². The molecule has 0 radical (unpaired) electrons. The maximum absolute atomic E-state index is 13.7. The van der Waals surface area contributed by atoms with Gasteiger partial charge >= 0.3 is 12.2 Å². The van der Waals surface area contributed by atoms with Crippen LogP contribution < -0.4 is 20.4 Å². The van der Waals surface area contributed by atoms with Crippen molar-refractivity contribution in [1.82, 2.24) is 15.0 Å². The maximum Gasteiger partial charge on any atom is 0.416 e.